The molecule has 0 saturated heterocycles. The average molecular weight is 375 g/mol. The number of nitrogens with zero attached hydrogens (tertiary/aromatic N) is 1. The van der Waals surface area contributed by atoms with E-state index in [0.717, 1.165) is 6.07 Å². The Morgan fingerprint density at radius 1 is 1.52 bits per heavy atom. The van der Waals surface area contributed by atoms with Crippen molar-refractivity contribution in [3.8, 4) is 0 Å². The van der Waals surface area contributed by atoms with E-state index in [1.165, 1.54) is 25.4 Å². The summed E-state index contributed by atoms with van der Waals surface area (Å²) in [5.74, 6) is -0.851. The van der Waals surface area contributed by atoms with Gasteiger partial charge in [-0.2, -0.15) is 0 Å². The molecule has 0 unspecified atom stereocenters. The zero-order valence-electron chi connectivity index (χ0n) is 10.8. The van der Waals surface area contributed by atoms with Gasteiger partial charge in [-0.25, -0.2) is 14.2 Å². The number of rotatable bonds is 3. The van der Waals surface area contributed by atoms with Gasteiger partial charge in [-0.15, -0.1) is 0 Å². The summed E-state index contributed by atoms with van der Waals surface area (Å²) in [6.07, 6.45) is 1.40. The summed E-state index contributed by atoms with van der Waals surface area (Å²) < 4.78 is 18.2. The molecule has 110 valence electrons. The van der Waals surface area contributed by atoms with Crippen LogP contribution in [0.2, 0.25) is 5.02 Å². The molecule has 0 radical (unpaired) electrons. The van der Waals surface area contributed by atoms with Crippen LogP contribution in [-0.4, -0.2) is 18.1 Å². The first-order valence-electron chi connectivity index (χ1n) is 5.68. The molecule has 8 heteroatoms. The second-order valence-corrected chi connectivity index (χ2v) is 5.24. The number of nitrogens with one attached hydrogen (secondary N) is 1. The van der Waals surface area contributed by atoms with Crippen molar-refractivity contribution in [3.63, 3.8) is 0 Å². The van der Waals surface area contributed by atoms with Crippen LogP contribution in [0.5, 0.6) is 0 Å². The van der Waals surface area contributed by atoms with Crippen LogP contribution >= 0.6 is 27.5 Å². The molecule has 1 aromatic carbocycles. The first-order valence-corrected chi connectivity index (χ1v) is 6.85. The van der Waals surface area contributed by atoms with Gasteiger partial charge in [0.15, 0.2) is 5.82 Å². The normalized spacial score (nSPS) is 10.3. The van der Waals surface area contributed by atoms with Gasteiger partial charge < -0.3 is 15.8 Å². The minimum Gasteiger partial charge on any atom is -0.465 e. The molecule has 0 atom stereocenters. The van der Waals surface area contributed by atoms with Crippen LogP contribution in [0.1, 0.15) is 10.4 Å². The van der Waals surface area contributed by atoms with E-state index < -0.39 is 11.8 Å². The van der Waals surface area contributed by atoms with Gasteiger partial charge >= 0.3 is 5.97 Å². The van der Waals surface area contributed by atoms with Gasteiger partial charge in [0.1, 0.15) is 5.82 Å². The Balaban J connectivity index is 2.44. The lowest BCUT2D eigenvalue weighted by atomic mass is 10.2. The molecular formula is C13H10BrClFN3O2. The van der Waals surface area contributed by atoms with Crippen molar-refractivity contribution in [3.05, 3.63) is 45.3 Å². The van der Waals surface area contributed by atoms with Gasteiger partial charge in [0.2, 0.25) is 0 Å². The maximum absolute atomic E-state index is 13.2. The first-order chi connectivity index (χ1) is 9.93. The van der Waals surface area contributed by atoms with Crippen LogP contribution in [0.15, 0.2) is 28.9 Å². The number of esters is 1. The number of hydrogen-bond donors (Lipinski definition) is 2. The lowest BCUT2D eigenvalue weighted by Crippen LogP contribution is -2.09. The summed E-state index contributed by atoms with van der Waals surface area (Å²) in [4.78, 5) is 15.6. The number of benzene rings is 1. The first kappa shape index (κ1) is 15.5. The minimum absolute atomic E-state index is 0.108. The van der Waals surface area contributed by atoms with Crippen molar-refractivity contribution in [2.24, 2.45) is 0 Å². The molecule has 1 heterocycles. The average Bonchev–Trinajstić information content (AvgIpc) is 2.43. The summed E-state index contributed by atoms with van der Waals surface area (Å²) in [5, 5.41) is 3.01. The Morgan fingerprint density at radius 3 is 2.86 bits per heavy atom. The van der Waals surface area contributed by atoms with Gasteiger partial charge in [-0.1, -0.05) is 11.6 Å². The fraction of sp³-hybridized carbons (Fsp3) is 0.0769. The van der Waals surface area contributed by atoms with E-state index in [2.05, 4.69) is 31.0 Å². The molecule has 0 saturated carbocycles. The number of ether oxygens (including phenoxy) is 1. The van der Waals surface area contributed by atoms with Crippen molar-refractivity contribution >= 4 is 50.7 Å². The lowest BCUT2D eigenvalue weighted by Gasteiger charge is -2.13. The third kappa shape index (κ3) is 3.25. The van der Waals surface area contributed by atoms with Crippen molar-refractivity contribution in [2.45, 2.75) is 0 Å². The molecule has 0 amide bonds. The molecule has 5 nitrogen and oxygen atoms in total. The number of aromatic nitrogens is 1. The number of nitrogen functional groups attached to an aromatic ring is 1. The fourth-order valence-corrected chi connectivity index (χ4v) is 2.54. The number of hydrogen-bond acceptors (Lipinski definition) is 5. The van der Waals surface area contributed by atoms with E-state index in [1.54, 1.807) is 0 Å². The standard InChI is InChI=1S/C13H10BrClFN3O2/c1-21-13(20)7-2-3-18-12(10(7)17)19-11-8(14)4-6(16)5-9(11)15/h2-5H,17H2,1H3,(H,18,19). The second-order valence-electron chi connectivity index (χ2n) is 3.98. The zero-order valence-corrected chi connectivity index (χ0v) is 13.1. The quantitative estimate of drug-likeness (QED) is 0.800. The van der Waals surface area contributed by atoms with E-state index >= 15 is 0 Å². The summed E-state index contributed by atoms with van der Waals surface area (Å²) in [6.45, 7) is 0. The van der Waals surface area contributed by atoms with Crippen LogP contribution < -0.4 is 11.1 Å². The Bertz CT molecular complexity index is 689. The molecule has 0 spiro atoms. The van der Waals surface area contributed by atoms with Gasteiger partial charge in [-0.05, 0) is 34.1 Å². The number of methoxy groups -OCH3 is 1. The van der Waals surface area contributed by atoms with Crippen LogP contribution in [0.25, 0.3) is 0 Å². The van der Waals surface area contributed by atoms with Crippen LogP contribution in [0.4, 0.5) is 21.6 Å². The maximum atomic E-state index is 13.2. The molecule has 3 N–H and O–H groups in total. The van der Waals surface area contributed by atoms with Gasteiger partial charge in [0.05, 0.1) is 29.1 Å². The monoisotopic (exact) mass is 373 g/mol. The summed E-state index contributed by atoms with van der Waals surface area (Å²) in [7, 11) is 1.25. The summed E-state index contributed by atoms with van der Waals surface area (Å²) in [5.41, 5.74) is 6.55. The van der Waals surface area contributed by atoms with Crippen molar-refractivity contribution < 1.29 is 13.9 Å². The SMILES string of the molecule is COC(=O)c1ccnc(Nc2c(Cl)cc(F)cc2Br)c1N. The van der Waals surface area contributed by atoms with Crippen molar-refractivity contribution in [2.75, 3.05) is 18.2 Å². The molecular weight excluding hydrogens is 365 g/mol. The highest BCUT2D eigenvalue weighted by molar-refractivity contribution is 9.10. The Hall–Kier alpha value is -1.86. The number of nitrogens with two attached hydrogens (primary N) is 1. The Morgan fingerprint density at radius 2 is 2.24 bits per heavy atom. The molecule has 0 bridgehead atoms. The molecule has 0 fully saturated rings. The Labute approximate surface area is 133 Å². The highest BCUT2D eigenvalue weighted by Gasteiger charge is 2.16. The number of carbonyl (C=O) groups is 1. The van der Waals surface area contributed by atoms with Gasteiger partial charge in [0, 0.05) is 10.7 Å². The predicted molar refractivity (Wildman–Crippen MR) is 82.4 cm³/mol. The molecule has 21 heavy (non-hydrogen) atoms. The number of pyridine rings is 1. The highest BCUT2D eigenvalue weighted by atomic mass is 79.9. The van der Waals surface area contributed by atoms with Crippen molar-refractivity contribution in [1.29, 1.82) is 0 Å². The van der Waals surface area contributed by atoms with E-state index in [9.17, 15) is 9.18 Å². The molecule has 0 aliphatic rings. The summed E-state index contributed by atoms with van der Waals surface area (Å²) in [6, 6.07) is 3.83. The van der Waals surface area contributed by atoms with E-state index in [1.807, 2.05) is 0 Å². The number of halogens is 3. The smallest absolute Gasteiger partial charge is 0.340 e. The number of anilines is 3. The topological polar surface area (TPSA) is 77.2 Å². The molecule has 0 aliphatic carbocycles. The molecule has 1 aromatic heterocycles. The van der Waals surface area contributed by atoms with Crippen molar-refractivity contribution in [1.82, 2.24) is 4.98 Å². The van der Waals surface area contributed by atoms with Crippen LogP contribution in [-0.2, 0) is 4.74 Å². The maximum Gasteiger partial charge on any atom is 0.340 e. The lowest BCUT2D eigenvalue weighted by molar-refractivity contribution is 0.0602. The number of carbonyl (C=O) groups excluding carboxylic acids is 1. The van der Waals surface area contributed by atoms with Crippen LogP contribution in [0.3, 0.4) is 0 Å². The zero-order chi connectivity index (χ0) is 15.6. The van der Waals surface area contributed by atoms with Gasteiger partial charge in [-0.3, -0.25) is 0 Å². The molecule has 2 aromatic rings. The van der Waals surface area contributed by atoms with Crippen LogP contribution in [0, 0.1) is 5.82 Å². The van der Waals surface area contributed by atoms with Gasteiger partial charge in [0.25, 0.3) is 0 Å². The third-order valence-electron chi connectivity index (χ3n) is 2.65. The second kappa shape index (κ2) is 6.28. The Kier molecular flexibility index (Phi) is 4.64. The summed E-state index contributed by atoms with van der Waals surface area (Å²) >= 11 is 9.17. The van der Waals surface area contributed by atoms with E-state index in [-0.39, 0.29) is 22.1 Å². The third-order valence-corrected chi connectivity index (χ3v) is 3.57. The fourth-order valence-electron chi connectivity index (χ4n) is 1.64. The van der Waals surface area contributed by atoms with E-state index in [4.69, 9.17) is 17.3 Å². The molecule has 0 aliphatic heterocycles. The predicted octanol–water partition coefficient (Wildman–Crippen LogP) is 3.75. The largest absolute Gasteiger partial charge is 0.465 e. The minimum atomic E-state index is -0.581. The molecule has 2 rings (SSSR count). The van der Waals surface area contributed by atoms with E-state index in [0.29, 0.717) is 10.2 Å². The highest BCUT2D eigenvalue weighted by Crippen LogP contribution is 2.35.